The van der Waals surface area contributed by atoms with Gasteiger partial charge in [0.15, 0.2) is 24.2 Å². The zero-order valence-electron chi connectivity index (χ0n) is 29.0. The molecule has 2 N–H and O–H groups in total. The van der Waals surface area contributed by atoms with Gasteiger partial charge in [0, 0.05) is 22.6 Å². The molecule has 0 radical (unpaired) electrons. The van der Waals surface area contributed by atoms with Gasteiger partial charge in [0.05, 0.1) is 24.3 Å². The number of unbranched alkanes of at least 4 members (excludes halogenated alkanes) is 2. The molecule has 0 spiro atoms. The summed E-state index contributed by atoms with van der Waals surface area (Å²) in [6.45, 7) is 9.72. The van der Waals surface area contributed by atoms with Crippen LogP contribution >= 0.6 is 0 Å². The second-order valence-electron chi connectivity index (χ2n) is 12.1. The van der Waals surface area contributed by atoms with E-state index in [1.54, 1.807) is 60.7 Å². The minimum absolute atomic E-state index is 0.0366. The van der Waals surface area contributed by atoms with Gasteiger partial charge in [-0.3, -0.25) is 0 Å². The Morgan fingerprint density at radius 2 is 1.12 bits per heavy atom. The van der Waals surface area contributed by atoms with Crippen molar-refractivity contribution in [3.63, 3.8) is 0 Å². The Morgan fingerprint density at radius 1 is 0.653 bits per heavy atom. The van der Waals surface area contributed by atoms with E-state index in [9.17, 15) is 10.2 Å². The summed E-state index contributed by atoms with van der Waals surface area (Å²) in [5, 5.41) is 25.7. The number of aromatic nitrogens is 3. The number of ether oxygens (including phenoxy) is 3. The zero-order valence-corrected chi connectivity index (χ0v) is 29.0. The van der Waals surface area contributed by atoms with Gasteiger partial charge in [-0.1, -0.05) is 71.3 Å². The van der Waals surface area contributed by atoms with Crippen LogP contribution in [0.4, 0.5) is 0 Å². The quantitative estimate of drug-likeness (QED) is 0.0535. The van der Waals surface area contributed by atoms with Crippen LogP contribution in [0.25, 0.3) is 44.6 Å². The van der Waals surface area contributed by atoms with Gasteiger partial charge in [0.1, 0.15) is 28.7 Å². The molecular formula is C38H48N6O5. The van der Waals surface area contributed by atoms with E-state index in [1.807, 2.05) is 0 Å². The van der Waals surface area contributed by atoms with Crippen molar-refractivity contribution >= 4 is 0 Å². The maximum Gasteiger partial charge on any atom is 0.167 e. The predicted octanol–water partition coefficient (Wildman–Crippen LogP) is 10.1. The van der Waals surface area contributed by atoms with E-state index in [4.69, 9.17) is 34.7 Å². The van der Waals surface area contributed by atoms with E-state index in [-0.39, 0.29) is 29.9 Å². The number of benzene rings is 3. The van der Waals surface area contributed by atoms with Crippen LogP contribution in [0.3, 0.4) is 0 Å². The van der Waals surface area contributed by atoms with Gasteiger partial charge in [0.25, 0.3) is 0 Å². The van der Waals surface area contributed by atoms with Crippen LogP contribution in [0, 0.1) is 11.8 Å². The topological polar surface area (TPSA) is 156 Å². The molecule has 0 aliphatic rings. The van der Waals surface area contributed by atoms with Gasteiger partial charge in [0.2, 0.25) is 0 Å². The summed E-state index contributed by atoms with van der Waals surface area (Å²) in [6, 6.07) is 17.2. The lowest BCUT2D eigenvalue weighted by atomic mass is 10.0. The highest BCUT2D eigenvalue weighted by Crippen LogP contribution is 2.36. The van der Waals surface area contributed by atoms with Crippen LogP contribution in [0.15, 0.2) is 65.8 Å². The fourth-order valence-electron chi connectivity index (χ4n) is 5.38. The van der Waals surface area contributed by atoms with Crippen LogP contribution in [-0.4, -0.2) is 45.1 Å². The van der Waals surface area contributed by atoms with E-state index in [0.717, 1.165) is 51.4 Å². The molecule has 0 amide bonds. The standard InChI is InChI=1S/C38H48N6O5/c1-5-9-11-26(7-3)23-47-30-17-19-32(34(45)21-30)37-41-36(28-13-15-29(16-14-28)49-25-40-44-39)42-38(43-37)33-20-18-31(22-35(33)46)48-24-27(8-4)12-10-6-2/h13-22,26-27,45-46H,5-12,23-25H2,1-4H3. The Balaban J connectivity index is 1.66. The normalized spacial score (nSPS) is 12.2. The van der Waals surface area contributed by atoms with Crippen molar-refractivity contribution in [3.05, 3.63) is 71.1 Å². The van der Waals surface area contributed by atoms with Crippen LogP contribution in [0.5, 0.6) is 28.7 Å². The Labute approximate surface area is 289 Å². The second kappa shape index (κ2) is 19.1. The van der Waals surface area contributed by atoms with Crippen LogP contribution in [-0.2, 0) is 0 Å². The Hall–Kier alpha value is -5.02. The SMILES string of the molecule is CCCCC(CC)COc1ccc(-c2nc(-c3ccc(OCN=[N+]=[N-])cc3)nc(-c3ccc(OCC(CC)CCCC)cc3O)n2)c(O)c1. The minimum atomic E-state index is -0.135. The maximum absolute atomic E-state index is 11.1. The molecule has 260 valence electrons. The Morgan fingerprint density at radius 3 is 1.55 bits per heavy atom. The highest BCUT2D eigenvalue weighted by Gasteiger charge is 2.18. The third-order valence-electron chi connectivity index (χ3n) is 8.58. The summed E-state index contributed by atoms with van der Waals surface area (Å²) in [6.07, 6.45) is 8.87. The van der Waals surface area contributed by atoms with Crippen LogP contribution in [0.1, 0.15) is 79.1 Å². The first-order valence-corrected chi connectivity index (χ1v) is 17.3. The zero-order chi connectivity index (χ0) is 35.0. The first-order valence-electron chi connectivity index (χ1n) is 17.3. The van der Waals surface area contributed by atoms with Crippen LogP contribution in [0.2, 0.25) is 0 Å². The molecule has 0 saturated heterocycles. The van der Waals surface area contributed by atoms with Gasteiger partial charge in [-0.15, -0.1) is 0 Å². The molecule has 2 atom stereocenters. The molecule has 0 bridgehead atoms. The van der Waals surface area contributed by atoms with E-state index < -0.39 is 0 Å². The third-order valence-corrected chi connectivity index (χ3v) is 8.58. The van der Waals surface area contributed by atoms with Crippen molar-refractivity contribution in [2.75, 3.05) is 19.9 Å². The minimum Gasteiger partial charge on any atom is -0.507 e. The molecule has 4 aromatic rings. The molecule has 0 aliphatic carbocycles. The second-order valence-corrected chi connectivity index (χ2v) is 12.1. The number of aromatic hydroxyl groups is 2. The molecule has 11 heteroatoms. The summed E-state index contributed by atoms with van der Waals surface area (Å²) in [7, 11) is 0. The van der Waals surface area contributed by atoms with Crippen molar-refractivity contribution in [1.82, 2.24) is 15.0 Å². The summed E-state index contributed by atoms with van der Waals surface area (Å²) in [5.41, 5.74) is 9.96. The lowest BCUT2D eigenvalue weighted by molar-refractivity contribution is 0.232. The molecule has 1 aromatic heterocycles. The van der Waals surface area contributed by atoms with Crippen molar-refractivity contribution in [3.8, 4) is 62.9 Å². The average Bonchev–Trinajstić information content (AvgIpc) is 3.12. The fourth-order valence-corrected chi connectivity index (χ4v) is 5.38. The summed E-state index contributed by atoms with van der Waals surface area (Å²) in [5.74, 6) is 3.24. The van der Waals surface area contributed by atoms with Gasteiger partial charge in [-0.25, -0.2) is 15.0 Å². The van der Waals surface area contributed by atoms with Gasteiger partial charge in [-0.05, 0) is 78.7 Å². The van der Waals surface area contributed by atoms with E-state index in [2.05, 4.69) is 37.7 Å². The van der Waals surface area contributed by atoms with E-state index in [0.29, 0.717) is 64.8 Å². The average molecular weight is 669 g/mol. The molecule has 4 rings (SSSR count). The lowest BCUT2D eigenvalue weighted by Gasteiger charge is -2.16. The number of hydrogen-bond acceptors (Lipinski definition) is 9. The molecule has 2 unspecified atom stereocenters. The highest BCUT2D eigenvalue weighted by atomic mass is 16.5. The molecular weight excluding hydrogens is 620 g/mol. The van der Waals surface area contributed by atoms with Crippen molar-refractivity contribution in [1.29, 1.82) is 0 Å². The fraction of sp³-hybridized carbons (Fsp3) is 0.447. The van der Waals surface area contributed by atoms with E-state index in [1.165, 1.54) is 0 Å². The monoisotopic (exact) mass is 668 g/mol. The number of phenols is 2. The number of azide groups is 1. The molecule has 0 fully saturated rings. The molecule has 1 heterocycles. The van der Waals surface area contributed by atoms with Gasteiger partial charge in [-0.2, -0.15) is 0 Å². The van der Waals surface area contributed by atoms with Crippen LogP contribution < -0.4 is 14.2 Å². The van der Waals surface area contributed by atoms with E-state index >= 15 is 0 Å². The summed E-state index contributed by atoms with van der Waals surface area (Å²) < 4.78 is 17.5. The first kappa shape index (κ1) is 36.8. The van der Waals surface area contributed by atoms with Gasteiger partial charge < -0.3 is 24.4 Å². The largest absolute Gasteiger partial charge is 0.507 e. The van der Waals surface area contributed by atoms with Crippen molar-refractivity contribution in [2.24, 2.45) is 17.0 Å². The smallest absolute Gasteiger partial charge is 0.167 e. The van der Waals surface area contributed by atoms with Gasteiger partial charge >= 0.3 is 0 Å². The first-order chi connectivity index (χ1) is 23.9. The maximum atomic E-state index is 11.1. The Bertz CT molecular complexity index is 1590. The number of rotatable bonds is 20. The molecule has 11 nitrogen and oxygen atoms in total. The molecule has 3 aromatic carbocycles. The molecule has 0 saturated carbocycles. The number of nitrogens with zero attached hydrogens (tertiary/aromatic N) is 6. The highest BCUT2D eigenvalue weighted by molar-refractivity contribution is 5.72. The number of hydrogen-bond donors (Lipinski definition) is 2. The van der Waals surface area contributed by atoms with Crippen molar-refractivity contribution in [2.45, 2.75) is 79.1 Å². The summed E-state index contributed by atoms with van der Waals surface area (Å²) in [4.78, 5) is 16.8. The molecule has 49 heavy (non-hydrogen) atoms. The lowest BCUT2D eigenvalue weighted by Crippen LogP contribution is -2.11. The third kappa shape index (κ3) is 10.7. The van der Waals surface area contributed by atoms with Crippen molar-refractivity contribution < 1.29 is 24.4 Å². The summed E-state index contributed by atoms with van der Waals surface area (Å²) >= 11 is 0. The predicted molar refractivity (Wildman–Crippen MR) is 192 cm³/mol. The molecule has 0 aliphatic heterocycles. The number of phenolic OH excluding ortho intramolecular Hbond substituents is 2. The Kier molecular flexibility index (Phi) is 14.3.